The van der Waals surface area contributed by atoms with Gasteiger partial charge >= 0.3 is 0 Å². The van der Waals surface area contributed by atoms with Crippen LogP contribution in [0.2, 0.25) is 0 Å². The van der Waals surface area contributed by atoms with Crippen molar-refractivity contribution in [1.29, 1.82) is 0 Å². The van der Waals surface area contributed by atoms with Crippen molar-refractivity contribution in [1.82, 2.24) is 14.0 Å². The van der Waals surface area contributed by atoms with Crippen molar-refractivity contribution < 1.29 is 4.42 Å². The van der Waals surface area contributed by atoms with Gasteiger partial charge in [-0.15, -0.1) is 0 Å². The van der Waals surface area contributed by atoms with Crippen LogP contribution < -0.4 is 0 Å². The third kappa shape index (κ3) is 2.01. The molecule has 1 aliphatic rings. The van der Waals surface area contributed by atoms with Gasteiger partial charge in [0.1, 0.15) is 5.58 Å². The van der Waals surface area contributed by atoms with Crippen molar-refractivity contribution >= 4 is 50.9 Å². The summed E-state index contributed by atoms with van der Waals surface area (Å²) in [6.45, 7) is 0. The molecule has 7 rings (SSSR count). The predicted octanol–water partition coefficient (Wildman–Crippen LogP) is 6.04. The molecule has 4 heterocycles. The number of hydrogen-bond acceptors (Lipinski definition) is 3. The summed E-state index contributed by atoms with van der Waals surface area (Å²) in [4.78, 5) is 9.27. The SMILES string of the molecule is Cn1c2ccc(-c3ccc4oc5c(c4c3)CCC=N5)cc2n2c3ccccc3nc12. The van der Waals surface area contributed by atoms with E-state index in [1.807, 2.05) is 12.3 Å². The smallest absolute Gasteiger partial charge is 0.222 e. The molecule has 0 saturated heterocycles. The second kappa shape index (κ2) is 5.60. The molecule has 0 atom stereocenters. The molecule has 0 N–H and O–H groups in total. The van der Waals surface area contributed by atoms with E-state index in [0.29, 0.717) is 0 Å². The lowest BCUT2D eigenvalue weighted by Crippen LogP contribution is -1.90. The van der Waals surface area contributed by atoms with E-state index < -0.39 is 0 Å². The Hall–Kier alpha value is -3.86. The van der Waals surface area contributed by atoms with Crippen LogP contribution >= 0.6 is 0 Å². The van der Waals surface area contributed by atoms with E-state index in [1.165, 1.54) is 27.6 Å². The molecule has 0 amide bonds. The first-order valence-corrected chi connectivity index (χ1v) is 10.2. The monoisotopic (exact) mass is 390 g/mol. The molecule has 0 fully saturated rings. The molecule has 1 aliphatic heterocycles. The van der Waals surface area contributed by atoms with E-state index in [9.17, 15) is 0 Å². The molecule has 5 nitrogen and oxygen atoms in total. The highest BCUT2D eigenvalue weighted by molar-refractivity contribution is 5.95. The van der Waals surface area contributed by atoms with Crippen LogP contribution in [0, 0.1) is 0 Å². The lowest BCUT2D eigenvalue weighted by atomic mass is 10.00. The van der Waals surface area contributed by atoms with Crippen LogP contribution in [0.5, 0.6) is 0 Å². The predicted molar refractivity (Wildman–Crippen MR) is 121 cm³/mol. The summed E-state index contributed by atoms with van der Waals surface area (Å²) in [5.74, 6) is 1.72. The summed E-state index contributed by atoms with van der Waals surface area (Å²) < 4.78 is 10.3. The van der Waals surface area contributed by atoms with E-state index in [-0.39, 0.29) is 0 Å². The zero-order chi connectivity index (χ0) is 19.8. The molecule has 6 aromatic rings. The van der Waals surface area contributed by atoms with Gasteiger partial charge in [0, 0.05) is 24.2 Å². The molecule has 3 aromatic carbocycles. The van der Waals surface area contributed by atoms with E-state index in [4.69, 9.17) is 9.40 Å². The number of benzene rings is 3. The summed E-state index contributed by atoms with van der Waals surface area (Å²) in [5.41, 5.74) is 8.98. The highest BCUT2D eigenvalue weighted by atomic mass is 16.3. The lowest BCUT2D eigenvalue weighted by molar-refractivity contribution is 0.618. The molecule has 0 bridgehead atoms. The molecule has 0 radical (unpaired) electrons. The molecule has 0 spiro atoms. The van der Waals surface area contributed by atoms with Crippen LogP contribution in [0.15, 0.2) is 70.1 Å². The standard InChI is InChI=1S/C25H18N4O/c1-28-21-10-8-16(14-22(21)29-20-7-3-2-6-19(20)27-25(28)29)15-9-11-23-18(13-15)17-5-4-12-26-24(17)30-23/h2-3,6-14H,4-5H2,1H3. The topological polar surface area (TPSA) is 47.7 Å². The van der Waals surface area contributed by atoms with Gasteiger partial charge < -0.3 is 8.98 Å². The van der Waals surface area contributed by atoms with Crippen LogP contribution in [0.1, 0.15) is 12.0 Å². The minimum atomic E-state index is 0.763. The van der Waals surface area contributed by atoms with Crippen molar-refractivity contribution in [3.63, 3.8) is 0 Å². The van der Waals surface area contributed by atoms with Gasteiger partial charge in [0.2, 0.25) is 11.7 Å². The van der Waals surface area contributed by atoms with Gasteiger partial charge in [-0.05, 0) is 60.4 Å². The van der Waals surface area contributed by atoms with Gasteiger partial charge in [0.05, 0.1) is 22.1 Å². The molecule has 3 aromatic heterocycles. The summed E-state index contributed by atoms with van der Waals surface area (Å²) in [6, 6.07) is 21.4. The van der Waals surface area contributed by atoms with Gasteiger partial charge in [-0.3, -0.25) is 4.40 Å². The third-order valence-electron chi connectivity index (χ3n) is 6.26. The third-order valence-corrected chi connectivity index (χ3v) is 6.26. The fourth-order valence-corrected chi connectivity index (χ4v) is 4.77. The number of aliphatic imine (C=N–C) groups is 1. The number of furan rings is 1. The van der Waals surface area contributed by atoms with Crippen LogP contribution in [-0.2, 0) is 13.5 Å². The maximum Gasteiger partial charge on any atom is 0.222 e. The second-order valence-electron chi connectivity index (χ2n) is 7.95. The summed E-state index contributed by atoms with van der Waals surface area (Å²) in [7, 11) is 2.08. The van der Waals surface area contributed by atoms with Crippen molar-refractivity contribution in [2.45, 2.75) is 12.8 Å². The second-order valence-corrected chi connectivity index (χ2v) is 7.95. The highest BCUT2D eigenvalue weighted by Gasteiger charge is 2.18. The Morgan fingerprint density at radius 1 is 0.900 bits per heavy atom. The Labute approximate surface area is 171 Å². The fourth-order valence-electron chi connectivity index (χ4n) is 4.77. The largest absolute Gasteiger partial charge is 0.438 e. The number of imidazole rings is 2. The highest BCUT2D eigenvalue weighted by Crippen LogP contribution is 2.37. The zero-order valence-electron chi connectivity index (χ0n) is 16.5. The Bertz CT molecular complexity index is 1660. The van der Waals surface area contributed by atoms with Crippen LogP contribution in [-0.4, -0.2) is 20.2 Å². The van der Waals surface area contributed by atoms with E-state index in [1.54, 1.807) is 0 Å². The molecule has 0 aliphatic carbocycles. The minimum absolute atomic E-state index is 0.763. The molecule has 0 unspecified atom stereocenters. The van der Waals surface area contributed by atoms with E-state index >= 15 is 0 Å². The maximum absolute atomic E-state index is 5.94. The number of para-hydroxylation sites is 2. The first-order chi connectivity index (χ1) is 14.8. The zero-order valence-corrected chi connectivity index (χ0v) is 16.5. The van der Waals surface area contributed by atoms with Gasteiger partial charge in [-0.1, -0.05) is 24.3 Å². The van der Waals surface area contributed by atoms with Gasteiger partial charge in [-0.25, -0.2) is 9.98 Å². The number of hydrogen-bond donors (Lipinski definition) is 0. The van der Waals surface area contributed by atoms with Crippen LogP contribution in [0.4, 0.5) is 5.88 Å². The maximum atomic E-state index is 5.94. The Morgan fingerprint density at radius 3 is 2.73 bits per heavy atom. The fraction of sp³-hybridized carbons (Fsp3) is 0.120. The van der Waals surface area contributed by atoms with Crippen LogP contribution in [0.3, 0.4) is 0 Å². The summed E-state index contributed by atoms with van der Waals surface area (Å²) >= 11 is 0. The van der Waals surface area contributed by atoms with E-state index in [0.717, 1.165) is 46.6 Å². The van der Waals surface area contributed by atoms with E-state index in [2.05, 4.69) is 75.6 Å². The minimum Gasteiger partial charge on any atom is -0.438 e. The Balaban J connectivity index is 1.49. The van der Waals surface area contributed by atoms with Crippen LogP contribution in [0.25, 0.3) is 49.9 Å². The van der Waals surface area contributed by atoms with Gasteiger partial charge in [0.25, 0.3) is 0 Å². The van der Waals surface area contributed by atoms with Gasteiger partial charge in [-0.2, -0.15) is 0 Å². The molecule has 30 heavy (non-hydrogen) atoms. The first kappa shape index (κ1) is 16.0. The van der Waals surface area contributed by atoms with Crippen molar-refractivity contribution in [2.75, 3.05) is 0 Å². The van der Waals surface area contributed by atoms with Gasteiger partial charge in [0.15, 0.2) is 0 Å². The summed E-state index contributed by atoms with van der Waals surface area (Å²) in [6.07, 6.45) is 3.89. The van der Waals surface area contributed by atoms with Crippen molar-refractivity contribution in [3.05, 3.63) is 66.2 Å². The number of fused-ring (bicyclic) bond motifs is 8. The average molecular weight is 390 g/mol. The molecule has 144 valence electrons. The average Bonchev–Trinajstić information content (AvgIpc) is 3.43. The Kier molecular flexibility index (Phi) is 2.99. The normalized spacial score (nSPS) is 13.8. The number of aromatic nitrogens is 3. The molecule has 0 saturated carbocycles. The van der Waals surface area contributed by atoms with Crippen molar-refractivity contribution in [2.24, 2.45) is 12.0 Å². The molecule has 5 heteroatoms. The molecular formula is C25H18N4O. The summed E-state index contributed by atoms with van der Waals surface area (Å²) in [5, 5.41) is 1.17. The quantitative estimate of drug-likeness (QED) is 0.344. The number of aryl methyl sites for hydroxylation is 2. The first-order valence-electron chi connectivity index (χ1n) is 10.2. The Morgan fingerprint density at radius 2 is 1.77 bits per heavy atom. The lowest BCUT2D eigenvalue weighted by Gasteiger charge is -2.05. The number of nitrogens with zero attached hydrogens (tertiary/aromatic N) is 4. The number of rotatable bonds is 1. The molecular weight excluding hydrogens is 372 g/mol. The van der Waals surface area contributed by atoms with Crippen molar-refractivity contribution in [3.8, 4) is 11.1 Å².